The predicted molar refractivity (Wildman–Crippen MR) is 88.3 cm³/mol. The van der Waals surface area contributed by atoms with E-state index in [4.69, 9.17) is 4.74 Å². The van der Waals surface area contributed by atoms with Gasteiger partial charge >= 0.3 is 0 Å². The molecule has 2 aliphatic rings. The number of nitrogens with one attached hydrogen (secondary N) is 1. The van der Waals surface area contributed by atoms with Crippen molar-refractivity contribution < 1.29 is 9.13 Å². The molecule has 1 fully saturated rings. The lowest BCUT2D eigenvalue weighted by atomic mass is 9.77. The number of anilines is 1. The summed E-state index contributed by atoms with van der Waals surface area (Å²) in [5.41, 5.74) is 3.28. The summed E-state index contributed by atoms with van der Waals surface area (Å²) < 4.78 is 20.8. The first kappa shape index (κ1) is 14.2. The number of benzene rings is 2. The molecule has 0 spiro atoms. The van der Waals surface area contributed by atoms with Crippen LogP contribution in [-0.4, -0.2) is 6.61 Å². The van der Waals surface area contributed by atoms with Gasteiger partial charge in [0, 0.05) is 28.2 Å². The number of ether oxygens (including phenoxy) is 1. The van der Waals surface area contributed by atoms with Crippen LogP contribution in [0, 0.1) is 11.7 Å². The maximum absolute atomic E-state index is 13.6. The summed E-state index contributed by atoms with van der Waals surface area (Å²) in [7, 11) is 0. The topological polar surface area (TPSA) is 21.3 Å². The van der Waals surface area contributed by atoms with Gasteiger partial charge in [-0.15, -0.1) is 0 Å². The van der Waals surface area contributed by atoms with E-state index in [1.54, 1.807) is 12.1 Å². The Balaban J connectivity index is 1.79. The molecule has 3 atom stereocenters. The van der Waals surface area contributed by atoms with E-state index in [1.165, 1.54) is 11.6 Å². The van der Waals surface area contributed by atoms with E-state index in [2.05, 4.69) is 33.4 Å². The Morgan fingerprint density at radius 3 is 2.95 bits per heavy atom. The molecule has 2 heterocycles. The zero-order valence-electron chi connectivity index (χ0n) is 12.1. The van der Waals surface area contributed by atoms with Crippen LogP contribution in [0.3, 0.4) is 0 Å². The predicted octanol–water partition coefficient (Wildman–Crippen LogP) is 5.22. The molecule has 0 unspecified atom stereocenters. The van der Waals surface area contributed by atoms with Crippen LogP contribution in [0.1, 0.15) is 36.1 Å². The van der Waals surface area contributed by atoms with E-state index in [-0.39, 0.29) is 18.0 Å². The third-order valence-electron chi connectivity index (χ3n) is 4.64. The molecule has 0 aliphatic carbocycles. The van der Waals surface area contributed by atoms with Crippen LogP contribution in [0.15, 0.2) is 46.9 Å². The van der Waals surface area contributed by atoms with Crippen molar-refractivity contribution in [2.24, 2.45) is 5.92 Å². The molecular weight excluding hydrogens is 345 g/mol. The first-order chi connectivity index (χ1) is 10.7. The van der Waals surface area contributed by atoms with Gasteiger partial charge in [-0.25, -0.2) is 4.39 Å². The summed E-state index contributed by atoms with van der Waals surface area (Å²) in [6, 6.07) is 13.2. The van der Waals surface area contributed by atoms with E-state index >= 15 is 0 Å². The van der Waals surface area contributed by atoms with E-state index < -0.39 is 0 Å². The van der Waals surface area contributed by atoms with Crippen molar-refractivity contribution in [3.63, 3.8) is 0 Å². The highest BCUT2D eigenvalue weighted by molar-refractivity contribution is 9.10. The third-order valence-corrected chi connectivity index (χ3v) is 5.13. The number of hydrogen-bond donors (Lipinski definition) is 1. The summed E-state index contributed by atoms with van der Waals surface area (Å²) in [6.07, 6.45) is 2.22. The minimum absolute atomic E-state index is 0.0794. The Bertz CT molecular complexity index is 705. The summed E-state index contributed by atoms with van der Waals surface area (Å²) in [5.74, 6) is 0.145. The van der Waals surface area contributed by atoms with Crippen molar-refractivity contribution in [3.05, 3.63) is 63.9 Å². The molecule has 0 amide bonds. The fraction of sp³-hybridized carbons (Fsp3) is 0.333. The molecule has 2 aromatic carbocycles. The van der Waals surface area contributed by atoms with Crippen molar-refractivity contribution in [1.82, 2.24) is 0 Å². The van der Waals surface area contributed by atoms with Gasteiger partial charge in [-0.1, -0.05) is 28.1 Å². The van der Waals surface area contributed by atoms with Gasteiger partial charge in [0.15, 0.2) is 0 Å². The van der Waals surface area contributed by atoms with E-state index in [0.717, 1.165) is 35.2 Å². The average Bonchev–Trinajstić information content (AvgIpc) is 2.54. The maximum Gasteiger partial charge on any atom is 0.123 e. The molecule has 4 heteroatoms. The highest BCUT2D eigenvalue weighted by atomic mass is 79.9. The molecule has 2 aromatic rings. The monoisotopic (exact) mass is 361 g/mol. The molecule has 2 nitrogen and oxygen atoms in total. The first-order valence-electron chi connectivity index (χ1n) is 7.65. The molecule has 2 aliphatic heterocycles. The standard InChI is InChI=1S/C18H17BrFNO/c19-12-6-7-16-15(10-12)18-14(5-2-8-22-18)17(21-16)11-3-1-4-13(20)9-11/h1,3-4,6-7,9-10,14,17-18,21H,2,5,8H2/t14-,17+,18-/m0/s1. The van der Waals surface area contributed by atoms with Crippen LogP contribution in [-0.2, 0) is 4.74 Å². The van der Waals surface area contributed by atoms with Crippen molar-refractivity contribution >= 4 is 21.6 Å². The lowest BCUT2D eigenvalue weighted by Crippen LogP contribution is -2.36. The number of halogens is 2. The van der Waals surface area contributed by atoms with Gasteiger partial charge in [0.2, 0.25) is 0 Å². The second-order valence-electron chi connectivity index (χ2n) is 6.01. The Morgan fingerprint density at radius 2 is 2.09 bits per heavy atom. The highest BCUT2D eigenvalue weighted by Crippen LogP contribution is 2.49. The fourth-order valence-electron chi connectivity index (χ4n) is 3.67. The van der Waals surface area contributed by atoms with E-state index in [0.29, 0.717) is 5.92 Å². The fourth-order valence-corrected chi connectivity index (χ4v) is 4.05. The van der Waals surface area contributed by atoms with Crippen LogP contribution < -0.4 is 5.32 Å². The Kier molecular flexibility index (Phi) is 3.66. The van der Waals surface area contributed by atoms with E-state index in [9.17, 15) is 4.39 Å². The number of fused-ring (bicyclic) bond motifs is 3. The zero-order valence-corrected chi connectivity index (χ0v) is 13.6. The Morgan fingerprint density at radius 1 is 1.18 bits per heavy atom. The Labute approximate surface area is 137 Å². The SMILES string of the molecule is Fc1cccc([C@H]2Nc3ccc(Br)cc3[C@H]3OCCC[C@@H]23)c1. The normalized spacial score (nSPS) is 26.7. The number of hydrogen-bond acceptors (Lipinski definition) is 2. The van der Waals surface area contributed by atoms with Gasteiger partial charge in [-0.3, -0.25) is 0 Å². The van der Waals surface area contributed by atoms with Crippen LogP contribution in [0.25, 0.3) is 0 Å². The molecule has 0 aromatic heterocycles. The molecule has 0 saturated carbocycles. The lowest BCUT2D eigenvalue weighted by molar-refractivity contribution is -0.0381. The van der Waals surface area contributed by atoms with E-state index in [1.807, 2.05) is 12.1 Å². The molecule has 1 saturated heterocycles. The van der Waals surface area contributed by atoms with Crippen molar-refractivity contribution in [2.75, 3.05) is 11.9 Å². The van der Waals surface area contributed by atoms with Crippen LogP contribution in [0.2, 0.25) is 0 Å². The summed E-state index contributed by atoms with van der Waals surface area (Å²) in [6.45, 7) is 0.795. The smallest absolute Gasteiger partial charge is 0.123 e. The molecule has 4 rings (SSSR count). The summed E-state index contributed by atoms with van der Waals surface area (Å²) in [5, 5.41) is 3.60. The molecule has 114 valence electrons. The van der Waals surface area contributed by atoms with Gasteiger partial charge in [-0.05, 0) is 48.7 Å². The van der Waals surface area contributed by atoms with Crippen LogP contribution in [0.5, 0.6) is 0 Å². The average molecular weight is 362 g/mol. The molecular formula is C18H17BrFNO. The van der Waals surface area contributed by atoms with Crippen molar-refractivity contribution in [1.29, 1.82) is 0 Å². The quantitative estimate of drug-likeness (QED) is 0.751. The van der Waals surface area contributed by atoms with Crippen molar-refractivity contribution in [3.8, 4) is 0 Å². The van der Waals surface area contributed by atoms with Crippen molar-refractivity contribution in [2.45, 2.75) is 25.0 Å². The first-order valence-corrected chi connectivity index (χ1v) is 8.45. The van der Waals surface area contributed by atoms with Gasteiger partial charge in [0.05, 0.1) is 12.1 Å². The second-order valence-corrected chi connectivity index (χ2v) is 6.92. The molecule has 0 bridgehead atoms. The lowest BCUT2D eigenvalue weighted by Gasteiger charge is -2.43. The van der Waals surface area contributed by atoms with Gasteiger partial charge in [-0.2, -0.15) is 0 Å². The Hall–Kier alpha value is -1.39. The summed E-state index contributed by atoms with van der Waals surface area (Å²) in [4.78, 5) is 0. The minimum atomic E-state index is -0.186. The molecule has 0 radical (unpaired) electrons. The molecule has 22 heavy (non-hydrogen) atoms. The zero-order chi connectivity index (χ0) is 15.1. The summed E-state index contributed by atoms with van der Waals surface area (Å²) >= 11 is 3.54. The van der Waals surface area contributed by atoms with Gasteiger partial charge < -0.3 is 10.1 Å². The van der Waals surface area contributed by atoms with Crippen LogP contribution >= 0.6 is 15.9 Å². The third kappa shape index (κ3) is 2.44. The molecule has 1 N–H and O–H groups in total. The van der Waals surface area contributed by atoms with Gasteiger partial charge in [0.1, 0.15) is 5.82 Å². The maximum atomic E-state index is 13.6. The van der Waals surface area contributed by atoms with Crippen LogP contribution in [0.4, 0.5) is 10.1 Å². The number of rotatable bonds is 1. The largest absolute Gasteiger partial charge is 0.378 e. The van der Waals surface area contributed by atoms with Gasteiger partial charge in [0.25, 0.3) is 0 Å². The second kappa shape index (κ2) is 5.67. The highest BCUT2D eigenvalue weighted by Gasteiger charge is 2.39. The minimum Gasteiger partial charge on any atom is -0.378 e.